The molecule has 0 unspecified atom stereocenters. The van der Waals surface area contributed by atoms with Gasteiger partial charge in [0.1, 0.15) is 5.82 Å². The molecule has 0 saturated heterocycles. The van der Waals surface area contributed by atoms with Gasteiger partial charge in [0.25, 0.3) is 5.56 Å². The van der Waals surface area contributed by atoms with Gasteiger partial charge in [-0.2, -0.15) is 0 Å². The zero-order valence-electron chi connectivity index (χ0n) is 20.3. The average molecular weight is 482 g/mol. The highest BCUT2D eigenvalue weighted by Gasteiger charge is 2.34. The van der Waals surface area contributed by atoms with Crippen LogP contribution < -0.4 is 20.3 Å². The number of aryl methyl sites for hydroxylation is 1. The lowest BCUT2D eigenvalue weighted by Crippen LogP contribution is -2.42. The van der Waals surface area contributed by atoms with Gasteiger partial charge < -0.3 is 14.8 Å². The van der Waals surface area contributed by atoms with E-state index in [0.29, 0.717) is 48.3 Å². The first kappa shape index (κ1) is 24.7. The molecule has 0 bridgehead atoms. The number of halogens is 1. The lowest BCUT2D eigenvalue weighted by molar-refractivity contribution is -0.121. The first-order valence-electron chi connectivity index (χ1n) is 12.1. The van der Waals surface area contributed by atoms with E-state index < -0.39 is 0 Å². The molecule has 1 aromatic heterocycles. The van der Waals surface area contributed by atoms with Gasteiger partial charge in [0.2, 0.25) is 5.91 Å². The Labute approximate surface area is 204 Å². The topological polar surface area (TPSA) is 82.5 Å². The van der Waals surface area contributed by atoms with Crippen LogP contribution in [0.2, 0.25) is 0 Å². The van der Waals surface area contributed by atoms with Crippen molar-refractivity contribution in [1.82, 2.24) is 14.9 Å². The van der Waals surface area contributed by atoms with E-state index in [-0.39, 0.29) is 22.7 Å². The molecule has 1 aliphatic carbocycles. The van der Waals surface area contributed by atoms with Crippen molar-refractivity contribution in [2.24, 2.45) is 0 Å². The number of carbonyl (C=O) groups excluding carboxylic acids is 1. The summed E-state index contributed by atoms with van der Waals surface area (Å²) in [7, 11) is 3.05. The highest BCUT2D eigenvalue weighted by molar-refractivity contribution is 5.81. The summed E-state index contributed by atoms with van der Waals surface area (Å²) in [5.41, 5.74) is 1.27. The van der Waals surface area contributed by atoms with Crippen LogP contribution in [0.3, 0.4) is 0 Å². The van der Waals surface area contributed by atoms with Crippen LogP contribution >= 0.6 is 0 Å². The molecule has 1 amide bonds. The third-order valence-electron chi connectivity index (χ3n) is 7.02. The molecule has 186 valence electrons. The summed E-state index contributed by atoms with van der Waals surface area (Å²) in [5, 5.41) is 3.54. The summed E-state index contributed by atoms with van der Waals surface area (Å²) >= 11 is 0. The SMILES string of the molecule is COc1cc2ncn(CCCC(=O)NCC3(c4ccc(F)cc4)CCCCC3)c(=O)c2cc1OC. The zero-order valence-corrected chi connectivity index (χ0v) is 20.3. The number of carbonyl (C=O) groups is 1. The first-order chi connectivity index (χ1) is 17.0. The highest BCUT2D eigenvalue weighted by atomic mass is 19.1. The Kier molecular flexibility index (Phi) is 7.68. The van der Waals surface area contributed by atoms with E-state index in [4.69, 9.17) is 9.47 Å². The van der Waals surface area contributed by atoms with E-state index in [2.05, 4.69) is 10.3 Å². The predicted molar refractivity (Wildman–Crippen MR) is 133 cm³/mol. The minimum atomic E-state index is -0.250. The number of amides is 1. The van der Waals surface area contributed by atoms with Crippen LogP contribution in [0, 0.1) is 5.82 Å². The monoisotopic (exact) mass is 481 g/mol. The van der Waals surface area contributed by atoms with Crippen LogP contribution in [0.4, 0.5) is 4.39 Å². The molecule has 4 rings (SSSR count). The molecule has 0 atom stereocenters. The van der Waals surface area contributed by atoms with E-state index in [1.807, 2.05) is 12.1 Å². The second kappa shape index (κ2) is 10.9. The number of ether oxygens (including phenoxy) is 2. The first-order valence-corrected chi connectivity index (χ1v) is 12.1. The maximum absolute atomic E-state index is 13.4. The second-order valence-electron chi connectivity index (χ2n) is 9.20. The third-order valence-corrected chi connectivity index (χ3v) is 7.02. The maximum Gasteiger partial charge on any atom is 0.261 e. The number of aromatic nitrogens is 2. The van der Waals surface area contributed by atoms with Gasteiger partial charge in [0.15, 0.2) is 11.5 Å². The number of benzene rings is 2. The van der Waals surface area contributed by atoms with Crippen molar-refractivity contribution in [1.29, 1.82) is 0 Å². The Hall–Kier alpha value is -3.42. The number of nitrogens with one attached hydrogen (secondary N) is 1. The number of rotatable bonds is 9. The van der Waals surface area contributed by atoms with E-state index in [0.717, 1.165) is 31.2 Å². The lowest BCUT2D eigenvalue weighted by atomic mass is 9.69. The fourth-order valence-corrected chi connectivity index (χ4v) is 5.01. The quantitative estimate of drug-likeness (QED) is 0.491. The van der Waals surface area contributed by atoms with Crippen molar-refractivity contribution < 1.29 is 18.7 Å². The predicted octanol–water partition coefficient (Wildman–Crippen LogP) is 4.35. The average Bonchev–Trinajstić information content (AvgIpc) is 2.89. The summed E-state index contributed by atoms with van der Waals surface area (Å²) in [6.45, 7) is 0.920. The molecule has 2 aromatic carbocycles. The Morgan fingerprint density at radius 2 is 1.77 bits per heavy atom. The van der Waals surface area contributed by atoms with Gasteiger partial charge in [-0.15, -0.1) is 0 Å². The molecule has 1 aliphatic rings. The molecule has 35 heavy (non-hydrogen) atoms. The Morgan fingerprint density at radius 1 is 1.09 bits per heavy atom. The van der Waals surface area contributed by atoms with Gasteiger partial charge in [0, 0.05) is 31.0 Å². The molecule has 1 heterocycles. The molecular formula is C27H32FN3O4. The molecule has 1 saturated carbocycles. The maximum atomic E-state index is 13.4. The van der Waals surface area contributed by atoms with Crippen LogP contribution in [-0.2, 0) is 16.8 Å². The standard InChI is InChI=1S/C27H32FN3O4/c1-34-23-15-21-22(16-24(23)35-2)30-18-31(26(21)33)14-6-7-25(32)29-17-27(12-4-3-5-13-27)19-8-10-20(28)11-9-19/h8-11,15-16,18H,3-7,12-14,17H2,1-2H3,(H,29,32). The van der Waals surface area contributed by atoms with Gasteiger partial charge in [0.05, 0.1) is 31.4 Å². The largest absolute Gasteiger partial charge is 0.493 e. The normalized spacial score (nSPS) is 15.1. The highest BCUT2D eigenvalue weighted by Crippen LogP contribution is 2.39. The fourth-order valence-electron chi connectivity index (χ4n) is 5.01. The van der Waals surface area contributed by atoms with Crippen molar-refractivity contribution >= 4 is 16.8 Å². The summed E-state index contributed by atoms with van der Waals surface area (Å²) in [6, 6.07) is 9.98. The van der Waals surface area contributed by atoms with Crippen molar-refractivity contribution in [3.63, 3.8) is 0 Å². The van der Waals surface area contributed by atoms with E-state index >= 15 is 0 Å². The summed E-state index contributed by atoms with van der Waals surface area (Å²) in [4.78, 5) is 29.9. The number of hydrogen-bond acceptors (Lipinski definition) is 5. The van der Waals surface area contributed by atoms with Crippen molar-refractivity contribution in [2.45, 2.75) is 56.9 Å². The summed E-state index contributed by atoms with van der Waals surface area (Å²) in [6.07, 6.45) is 7.65. The molecule has 0 aliphatic heterocycles. The zero-order chi connectivity index (χ0) is 24.8. The second-order valence-corrected chi connectivity index (χ2v) is 9.20. The van der Waals surface area contributed by atoms with Gasteiger partial charge in [-0.3, -0.25) is 14.2 Å². The molecule has 0 spiro atoms. The Morgan fingerprint density at radius 3 is 2.46 bits per heavy atom. The van der Waals surface area contributed by atoms with Gasteiger partial charge in [-0.05, 0) is 43.0 Å². The van der Waals surface area contributed by atoms with Gasteiger partial charge in [-0.1, -0.05) is 31.4 Å². The van der Waals surface area contributed by atoms with E-state index in [9.17, 15) is 14.0 Å². The Bertz CT molecular complexity index is 1230. The minimum absolute atomic E-state index is 0.0507. The van der Waals surface area contributed by atoms with Gasteiger partial charge in [-0.25, -0.2) is 9.37 Å². The lowest BCUT2D eigenvalue weighted by Gasteiger charge is -2.38. The van der Waals surface area contributed by atoms with E-state index in [1.165, 1.54) is 43.7 Å². The number of fused-ring (bicyclic) bond motifs is 1. The third kappa shape index (κ3) is 5.47. The van der Waals surface area contributed by atoms with Crippen LogP contribution in [-0.4, -0.2) is 36.2 Å². The summed E-state index contributed by atoms with van der Waals surface area (Å²) < 4.78 is 25.5. The van der Waals surface area contributed by atoms with Crippen LogP contribution in [0.5, 0.6) is 11.5 Å². The Balaban J connectivity index is 1.37. The minimum Gasteiger partial charge on any atom is -0.493 e. The smallest absolute Gasteiger partial charge is 0.261 e. The van der Waals surface area contributed by atoms with Crippen molar-refractivity contribution in [3.8, 4) is 11.5 Å². The molecular weight excluding hydrogens is 449 g/mol. The summed E-state index contributed by atoms with van der Waals surface area (Å²) in [5.74, 6) is 0.677. The number of nitrogens with zero attached hydrogens (tertiary/aromatic N) is 2. The molecule has 1 fully saturated rings. The van der Waals surface area contributed by atoms with Gasteiger partial charge >= 0.3 is 0 Å². The number of hydrogen-bond donors (Lipinski definition) is 1. The molecule has 0 radical (unpaired) electrons. The molecule has 3 aromatic rings. The van der Waals surface area contributed by atoms with Crippen LogP contribution in [0.25, 0.3) is 10.9 Å². The molecule has 7 nitrogen and oxygen atoms in total. The number of methoxy groups -OCH3 is 2. The fraction of sp³-hybridized carbons (Fsp3) is 0.444. The van der Waals surface area contributed by atoms with Crippen molar-refractivity contribution in [3.05, 3.63) is 64.5 Å². The van der Waals surface area contributed by atoms with Crippen LogP contribution in [0.15, 0.2) is 47.5 Å². The van der Waals surface area contributed by atoms with Crippen molar-refractivity contribution in [2.75, 3.05) is 20.8 Å². The molecule has 1 N–H and O–H groups in total. The molecule has 8 heteroatoms. The van der Waals surface area contributed by atoms with E-state index in [1.54, 1.807) is 12.1 Å². The van der Waals surface area contributed by atoms with Crippen LogP contribution in [0.1, 0.15) is 50.5 Å².